The summed E-state index contributed by atoms with van der Waals surface area (Å²) in [5.74, 6) is -0.137. The van der Waals surface area contributed by atoms with Gasteiger partial charge in [0.1, 0.15) is 11.6 Å². The molecule has 1 amide bonds. The number of nitrogens with zero attached hydrogens (tertiary/aromatic N) is 2. The lowest BCUT2D eigenvalue weighted by Gasteiger charge is -2.38. The molecule has 0 aliphatic carbocycles. The summed E-state index contributed by atoms with van der Waals surface area (Å²) >= 11 is 0. The van der Waals surface area contributed by atoms with Crippen LogP contribution in [0.4, 0.5) is 8.78 Å². The van der Waals surface area contributed by atoms with Crippen LogP contribution in [0.15, 0.2) is 48.5 Å². The number of amides is 1. The van der Waals surface area contributed by atoms with Gasteiger partial charge in [-0.15, -0.1) is 0 Å². The van der Waals surface area contributed by atoms with Crippen LogP contribution in [0.3, 0.4) is 0 Å². The van der Waals surface area contributed by atoms with Gasteiger partial charge in [-0.3, -0.25) is 9.69 Å². The zero-order valence-electron chi connectivity index (χ0n) is 16.0. The fraction of sp³-hybridized carbons (Fsp3) is 0.435. The highest BCUT2D eigenvalue weighted by Gasteiger charge is 2.33. The second-order valence-electron chi connectivity index (χ2n) is 7.85. The molecule has 5 heteroatoms. The highest BCUT2D eigenvalue weighted by atomic mass is 19.1. The van der Waals surface area contributed by atoms with Crippen molar-refractivity contribution in [2.45, 2.75) is 31.7 Å². The number of likely N-dealkylation sites (tertiary alicyclic amines) is 2. The van der Waals surface area contributed by atoms with Gasteiger partial charge in [-0.2, -0.15) is 0 Å². The Morgan fingerprint density at radius 2 is 1.25 bits per heavy atom. The molecule has 0 N–H and O–H groups in total. The lowest BCUT2D eigenvalue weighted by Crippen LogP contribution is -2.43. The molecule has 0 saturated carbocycles. The fourth-order valence-electron chi connectivity index (χ4n) is 4.50. The Kier molecular flexibility index (Phi) is 5.72. The minimum absolute atomic E-state index is 0.0657. The number of hydrogen-bond acceptors (Lipinski definition) is 2. The lowest BCUT2D eigenvalue weighted by atomic mass is 9.90. The van der Waals surface area contributed by atoms with Gasteiger partial charge in [0.15, 0.2) is 0 Å². The van der Waals surface area contributed by atoms with Gasteiger partial charge in [-0.05, 0) is 74.2 Å². The first-order chi connectivity index (χ1) is 13.6. The summed E-state index contributed by atoms with van der Waals surface area (Å²) in [7, 11) is 0. The van der Waals surface area contributed by atoms with Gasteiger partial charge in [-0.1, -0.05) is 24.3 Å². The van der Waals surface area contributed by atoms with Crippen LogP contribution in [0.25, 0.3) is 0 Å². The zero-order valence-corrected chi connectivity index (χ0v) is 16.0. The van der Waals surface area contributed by atoms with E-state index in [2.05, 4.69) is 4.90 Å². The number of piperidine rings is 1. The van der Waals surface area contributed by atoms with Gasteiger partial charge in [-0.25, -0.2) is 8.78 Å². The molecule has 148 valence electrons. The molecular weight excluding hydrogens is 358 g/mol. The fourth-order valence-corrected chi connectivity index (χ4v) is 4.50. The first kappa shape index (κ1) is 19.1. The third-order valence-electron chi connectivity index (χ3n) is 6.03. The molecule has 2 aromatic rings. The average molecular weight is 384 g/mol. The summed E-state index contributed by atoms with van der Waals surface area (Å²) in [6, 6.07) is 13.0. The smallest absolute Gasteiger partial charge is 0.225 e. The Morgan fingerprint density at radius 3 is 1.71 bits per heavy atom. The summed E-state index contributed by atoms with van der Waals surface area (Å²) in [6.45, 7) is 3.38. The maximum Gasteiger partial charge on any atom is 0.225 e. The van der Waals surface area contributed by atoms with Crippen LogP contribution in [0.5, 0.6) is 0 Å². The largest absolute Gasteiger partial charge is 0.342 e. The van der Waals surface area contributed by atoms with Gasteiger partial charge in [0.2, 0.25) is 5.91 Å². The predicted octanol–water partition coefficient (Wildman–Crippen LogP) is 4.39. The van der Waals surface area contributed by atoms with Gasteiger partial charge in [0, 0.05) is 19.0 Å². The summed E-state index contributed by atoms with van der Waals surface area (Å²) < 4.78 is 26.9. The number of benzene rings is 2. The van der Waals surface area contributed by atoms with Gasteiger partial charge >= 0.3 is 0 Å². The van der Waals surface area contributed by atoms with Crippen LogP contribution in [-0.2, 0) is 4.79 Å². The average Bonchev–Trinajstić information content (AvgIpc) is 3.26. The SMILES string of the molecule is O=C(C1CCN(C(c2ccc(F)cc2)c2ccc(F)cc2)CC1)N1CCCC1. The van der Waals surface area contributed by atoms with Crippen molar-refractivity contribution in [3.63, 3.8) is 0 Å². The van der Waals surface area contributed by atoms with E-state index in [1.165, 1.54) is 24.3 Å². The number of halogens is 2. The maximum absolute atomic E-state index is 13.4. The van der Waals surface area contributed by atoms with Crippen molar-refractivity contribution in [3.05, 3.63) is 71.3 Å². The summed E-state index contributed by atoms with van der Waals surface area (Å²) in [6.07, 6.45) is 3.88. The number of carbonyl (C=O) groups excluding carboxylic acids is 1. The summed E-state index contributed by atoms with van der Waals surface area (Å²) in [5, 5.41) is 0. The first-order valence-electron chi connectivity index (χ1n) is 10.2. The van der Waals surface area contributed by atoms with Crippen molar-refractivity contribution in [2.75, 3.05) is 26.2 Å². The molecule has 0 radical (unpaired) electrons. The molecule has 2 aromatic carbocycles. The van der Waals surface area contributed by atoms with Crippen molar-refractivity contribution in [1.82, 2.24) is 9.80 Å². The molecule has 2 saturated heterocycles. The van der Waals surface area contributed by atoms with Crippen LogP contribution in [0, 0.1) is 17.6 Å². The van der Waals surface area contributed by atoms with E-state index < -0.39 is 0 Å². The molecule has 0 bridgehead atoms. The molecule has 0 atom stereocenters. The monoisotopic (exact) mass is 384 g/mol. The molecule has 0 spiro atoms. The third-order valence-corrected chi connectivity index (χ3v) is 6.03. The second-order valence-corrected chi connectivity index (χ2v) is 7.85. The molecule has 2 heterocycles. The van der Waals surface area contributed by atoms with E-state index in [0.717, 1.165) is 63.0 Å². The molecule has 2 fully saturated rings. The van der Waals surface area contributed by atoms with Gasteiger partial charge in [0.25, 0.3) is 0 Å². The van der Waals surface area contributed by atoms with Gasteiger partial charge in [0.05, 0.1) is 6.04 Å². The summed E-state index contributed by atoms with van der Waals surface area (Å²) in [4.78, 5) is 17.1. The van der Waals surface area contributed by atoms with Crippen LogP contribution >= 0.6 is 0 Å². The zero-order chi connectivity index (χ0) is 19.5. The summed E-state index contributed by atoms with van der Waals surface area (Å²) in [5.41, 5.74) is 1.97. The topological polar surface area (TPSA) is 23.6 Å². The van der Waals surface area contributed by atoms with Gasteiger partial charge < -0.3 is 4.90 Å². The number of rotatable bonds is 4. The third kappa shape index (κ3) is 4.09. The number of carbonyl (C=O) groups is 1. The maximum atomic E-state index is 13.4. The van der Waals surface area contributed by atoms with Crippen LogP contribution in [0.1, 0.15) is 42.9 Å². The highest BCUT2D eigenvalue weighted by Crippen LogP contribution is 2.33. The van der Waals surface area contributed by atoms with E-state index in [9.17, 15) is 13.6 Å². The molecule has 0 unspecified atom stereocenters. The van der Waals surface area contributed by atoms with Crippen molar-refractivity contribution in [2.24, 2.45) is 5.92 Å². The molecular formula is C23H26F2N2O. The van der Waals surface area contributed by atoms with E-state index in [0.29, 0.717) is 5.91 Å². The molecule has 4 rings (SSSR count). The Labute approximate surface area is 165 Å². The normalized spacial score (nSPS) is 18.8. The Balaban J connectivity index is 1.51. The Bertz CT molecular complexity index is 747. The second kappa shape index (κ2) is 8.39. The van der Waals surface area contributed by atoms with E-state index >= 15 is 0 Å². The predicted molar refractivity (Wildman–Crippen MR) is 105 cm³/mol. The van der Waals surface area contributed by atoms with Crippen molar-refractivity contribution >= 4 is 5.91 Å². The minimum Gasteiger partial charge on any atom is -0.342 e. The van der Waals surface area contributed by atoms with E-state index in [1.54, 1.807) is 24.3 Å². The van der Waals surface area contributed by atoms with Crippen LogP contribution < -0.4 is 0 Å². The number of hydrogen-bond donors (Lipinski definition) is 0. The van der Waals surface area contributed by atoms with Crippen LogP contribution in [-0.4, -0.2) is 41.9 Å². The molecule has 2 aliphatic heterocycles. The minimum atomic E-state index is -0.267. The van der Waals surface area contributed by atoms with Crippen LogP contribution in [0.2, 0.25) is 0 Å². The van der Waals surface area contributed by atoms with E-state index in [-0.39, 0.29) is 23.6 Å². The first-order valence-corrected chi connectivity index (χ1v) is 10.2. The molecule has 0 aromatic heterocycles. The Morgan fingerprint density at radius 1 is 0.786 bits per heavy atom. The molecule has 28 heavy (non-hydrogen) atoms. The Hall–Kier alpha value is -2.27. The molecule has 2 aliphatic rings. The van der Waals surface area contributed by atoms with Crippen molar-refractivity contribution < 1.29 is 13.6 Å². The quantitative estimate of drug-likeness (QED) is 0.781. The molecule has 3 nitrogen and oxygen atoms in total. The van der Waals surface area contributed by atoms with Crippen molar-refractivity contribution in [3.8, 4) is 0 Å². The van der Waals surface area contributed by atoms with Crippen molar-refractivity contribution in [1.29, 1.82) is 0 Å². The lowest BCUT2D eigenvalue weighted by molar-refractivity contribution is -0.136. The van der Waals surface area contributed by atoms with E-state index in [4.69, 9.17) is 0 Å². The standard InChI is InChI=1S/C23H26F2N2O/c24-20-7-3-17(4-8-20)22(18-5-9-21(25)10-6-18)26-15-11-19(12-16-26)23(28)27-13-1-2-14-27/h3-10,19,22H,1-2,11-16H2. The highest BCUT2D eigenvalue weighted by molar-refractivity contribution is 5.79. The van der Waals surface area contributed by atoms with E-state index in [1.807, 2.05) is 4.90 Å².